The number of halogens is 2. The maximum atomic E-state index is 13.2. The van der Waals surface area contributed by atoms with E-state index in [1.165, 1.54) is 16.7 Å². The van der Waals surface area contributed by atoms with Crippen molar-refractivity contribution in [1.82, 2.24) is 9.55 Å². The smallest absolute Gasteiger partial charge is 0.354 e. The van der Waals surface area contributed by atoms with Gasteiger partial charge < -0.3 is 9.52 Å². The number of aryl methyl sites for hydroxylation is 1. The molecule has 0 aliphatic carbocycles. The van der Waals surface area contributed by atoms with Gasteiger partial charge in [-0.15, -0.1) is 0 Å². The molecule has 4 rings (SSSR count). The van der Waals surface area contributed by atoms with E-state index in [9.17, 15) is 19.1 Å². The van der Waals surface area contributed by atoms with Crippen LogP contribution in [-0.4, -0.2) is 14.7 Å². The Morgan fingerprint density at radius 3 is 2.59 bits per heavy atom. The molecule has 0 atom stereocenters. The summed E-state index contributed by atoms with van der Waals surface area (Å²) in [5, 5.41) is 10.7. The quantitative estimate of drug-likeness (QED) is 0.492. The van der Waals surface area contributed by atoms with Crippen molar-refractivity contribution in [2.45, 2.75) is 13.5 Å². The summed E-state index contributed by atoms with van der Waals surface area (Å²) < 4.78 is 19.6. The van der Waals surface area contributed by atoms with Gasteiger partial charge in [-0.05, 0) is 52.7 Å². The second-order valence-electron chi connectivity index (χ2n) is 6.10. The van der Waals surface area contributed by atoms with Crippen molar-refractivity contribution >= 4 is 37.9 Å². The Labute approximate surface area is 159 Å². The third-order valence-electron chi connectivity index (χ3n) is 4.27. The summed E-state index contributed by atoms with van der Waals surface area (Å²) in [6.07, 6.45) is 0. The van der Waals surface area contributed by atoms with Gasteiger partial charge in [-0.25, -0.2) is 14.2 Å². The molecule has 1 aromatic carbocycles. The first-order chi connectivity index (χ1) is 12.9. The van der Waals surface area contributed by atoms with Gasteiger partial charge in [0.15, 0.2) is 11.3 Å². The van der Waals surface area contributed by atoms with Crippen molar-refractivity contribution in [2.24, 2.45) is 0 Å². The molecule has 0 bridgehead atoms. The molecular weight excluding hydrogens is 419 g/mol. The first-order valence-corrected chi connectivity index (χ1v) is 8.76. The van der Waals surface area contributed by atoms with Gasteiger partial charge in [-0.3, -0.25) is 9.36 Å². The van der Waals surface area contributed by atoms with E-state index in [1.807, 2.05) is 0 Å². The Bertz CT molecular complexity index is 1330. The zero-order valence-electron chi connectivity index (χ0n) is 14.0. The lowest BCUT2D eigenvalue weighted by Gasteiger charge is -2.13. The van der Waals surface area contributed by atoms with Crippen LogP contribution in [0.25, 0.3) is 22.0 Å². The number of pyridine rings is 2. The van der Waals surface area contributed by atoms with E-state index in [1.54, 1.807) is 31.2 Å². The molecule has 0 aliphatic rings. The van der Waals surface area contributed by atoms with E-state index in [2.05, 4.69) is 20.9 Å². The lowest BCUT2D eigenvalue weighted by atomic mass is 10.1. The van der Waals surface area contributed by atoms with Crippen molar-refractivity contribution < 1.29 is 13.9 Å². The molecule has 27 heavy (non-hydrogen) atoms. The fourth-order valence-corrected chi connectivity index (χ4v) is 3.25. The van der Waals surface area contributed by atoms with Crippen molar-refractivity contribution in [3.05, 3.63) is 78.7 Å². The van der Waals surface area contributed by atoms with Gasteiger partial charge in [0.05, 0.1) is 11.9 Å². The summed E-state index contributed by atoms with van der Waals surface area (Å²) in [4.78, 5) is 29.5. The number of hydrogen-bond acceptors (Lipinski definition) is 5. The molecule has 0 amide bonds. The minimum Gasteiger partial charge on any atom is -0.506 e. The van der Waals surface area contributed by atoms with E-state index in [0.717, 1.165) is 0 Å². The third-order valence-corrected chi connectivity index (χ3v) is 4.97. The molecule has 4 aromatic rings. The van der Waals surface area contributed by atoms with E-state index in [4.69, 9.17) is 4.42 Å². The van der Waals surface area contributed by atoms with Crippen molar-refractivity contribution in [3.8, 4) is 5.75 Å². The number of nitrogens with zero attached hydrogens (tertiary/aromatic N) is 2. The largest absolute Gasteiger partial charge is 0.506 e. The molecule has 136 valence electrons. The average Bonchev–Trinajstić information content (AvgIpc) is 2.64. The minimum absolute atomic E-state index is 0.0245. The van der Waals surface area contributed by atoms with Gasteiger partial charge in [0.1, 0.15) is 21.3 Å². The fraction of sp³-hybridized carbons (Fsp3) is 0.105. The molecule has 1 N–H and O–H groups in total. The van der Waals surface area contributed by atoms with E-state index in [0.29, 0.717) is 22.3 Å². The summed E-state index contributed by atoms with van der Waals surface area (Å²) in [6.45, 7) is 1.88. The zero-order chi connectivity index (χ0) is 19.3. The van der Waals surface area contributed by atoms with Crippen LogP contribution in [0.2, 0.25) is 0 Å². The molecule has 3 aromatic heterocycles. The van der Waals surface area contributed by atoms with Crippen LogP contribution in [0.4, 0.5) is 4.39 Å². The summed E-state index contributed by atoms with van der Waals surface area (Å²) in [5.74, 6) is -0.867. The maximum absolute atomic E-state index is 13.2. The van der Waals surface area contributed by atoms with Crippen LogP contribution in [0.5, 0.6) is 5.75 Å². The lowest BCUT2D eigenvalue weighted by Crippen LogP contribution is -2.23. The van der Waals surface area contributed by atoms with Crippen LogP contribution < -0.4 is 11.2 Å². The standard InChI is InChI=1S/C19H12BrFN2O4/c1-9-2-7-12-16-13(15(24)14(20)19(26)27-16)18(25)23(17(12)22-9)8-10-3-5-11(21)6-4-10/h2-7,24H,8H2,1H3. The Kier molecular flexibility index (Phi) is 4.07. The number of aromatic hydroxyl groups is 1. The molecule has 0 saturated carbocycles. The highest BCUT2D eigenvalue weighted by molar-refractivity contribution is 9.10. The SMILES string of the molecule is Cc1ccc2c3oc(=O)c(Br)c(O)c3c(=O)n(Cc3ccc(F)cc3)c2n1. The van der Waals surface area contributed by atoms with Crippen LogP contribution in [-0.2, 0) is 6.54 Å². The van der Waals surface area contributed by atoms with Gasteiger partial charge in [0.25, 0.3) is 5.56 Å². The molecule has 0 aliphatic heterocycles. The van der Waals surface area contributed by atoms with Gasteiger partial charge >= 0.3 is 5.63 Å². The summed E-state index contributed by atoms with van der Waals surface area (Å²) in [7, 11) is 0. The highest BCUT2D eigenvalue weighted by Gasteiger charge is 2.21. The zero-order valence-corrected chi connectivity index (χ0v) is 15.6. The molecule has 0 fully saturated rings. The molecule has 8 heteroatoms. The van der Waals surface area contributed by atoms with Gasteiger partial charge in [-0.1, -0.05) is 12.1 Å². The number of aromatic nitrogens is 2. The number of benzene rings is 1. The van der Waals surface area contributed by atoms with Crippen LogP contribution in [0.3, 0.4) is 0 Å². The van der Waals surface area contributed by atoms with Crippen LogP contribution in [0.15, 0.2) is 54.9 Å². The second kappa shape index (κ2) is 6.31. The predicted molar refractivity (Wildman–Crippen MR) is 102 cm³/mol. The van der Waals surface area contributed by atoms with Crippen molar-refractivity contribution in [3.63, 3.8) is 0 Å². The molecular formula is C19H12BrFN2O4. The highest BCUT2D eigenvalue weighted by atomic mass is 79.9. The predicted octanol–water partition coefficient (Wildman–Crippen LogP) is 3.47. The maximum Gasteiger partial charge on any atom is 0.354 e. The Morgan fingerprint density at radius 1 is 1.19 bits per heavy atom. The Morgan fingerprint density at radius 2 is 1.89 bits per heavy atom. The summed E-state index contributed by atoms with van der Waals surface area (Å²) in [5.41, 5.74) is 0.265. The normalized spacial score (nSPS) is 11.4. The van der Waals surface area contributed by atoms with E-state index < -0.39 is 16.9 Å². The van der Waals surface area contributed by atoms with Crippen LogP contribution in [0.1, 0.15) is 11.3 Å². The molecule has 0 saturated heterocycles. The first-order valence-electron chi connectivity index (χ1n) is 7.96. The fourth-order valence-electron chi connectivity index (χ4n) is 2.97. The van der Waals surface area contributed by atoms with Gasteiger partial charge in [0, 0.05) is 5.69 Å². The summed E-state index contributed by atoms with van der Waals surface area (Å²) >= 11 is 2.95. The molecule has 0 spiro atoms. The van der Waals surface area contributed by atoms with Gasteiger partial charge in [0.2, 0.25) is 0 Å². The molecule has 6 nitrogen and oxygen atoms in total. The minimum atomic E-state index is -0.794. The third kappa shape index (κ3) is 2.82. The molecule has 0 unspecified atom stereocenters. The van der Waals surface area contributed by atoms with E-state index in [-0.39, 0.29) is 27.8 Å². The van der Waals surface area contributed by atoms with Crippen molar-refractivity contribution in [2.75, 3.05) is 0 Å². The van der Waals surface area contributed by atoms with Crippen LogP contribution >= 0.6 is 15.9 Å². The number of rotatable bonds is 2. The Hall–Kier alpha value is -3.00. The highest BCUT2D eigenvalue weighted by Crippen LogP contribution is 2.31. The van der Waals surface area contributed by atoms with Crippen LogP contribution in [0, 0.1) is 12.7 Å². The van der Waals surface area contributed by atoms with E-state index >= 15 is 0 Å². The first kappa shape index (κ1) is 17.4. The molecule has 3 heterocycles. The topological polar surface area (TPSA) is 85.3 Å². The number of fused-ring (bicyclic) bond motifs is 3. The lowest BCUT2D eigenvalue weighted by molar-refractivity contribution is 0.462. The molecule has 0 radical (unpaired) electrons. The summed E-state index contributed by atoms with van der Waals surface area (Å²) in [6, 6.07) is 9.12. The van der Waals surface area contributed by atoms with Crippen molar-refractivity contribution in [1.29, 1.82) is 0 Å². The van der Waals surface area contributed by atoms with Gasteiger partial charge in [-0.2, -0.15) is 0 Å². The average molecular weight is 431 g/mol. The monoisotopic (exact) mass is 430 g/mol. The second-order valence-corrected chi connectivity index (χ2v) is 6.89. The Balaban J connectivity index is 2.14. The number of hydrogen-bond donors (Lipinski definition) is 1.